The first-order valence-electron chi connectivity index (χ1n) is 10.5. The van der Waals surface area contributed by atoms with Gasteiger partial charge in [0.15, 0.2) is 0 Å². The summed E-state index contributed by atoms with van der Waals surface area (Å²) in [6, 6.07) is 8.48. The van der Waals surface area contributed by atoms with E-state index in [0.29, 0.717) is 0 Å². The average molecular weight is 435 g/mol. The lowest BCUT2D eigenvalue weighted by atomic mass is 10.0. The molecule has 1 aromatic carbocycles. The Morgan fingerprint density at radius 1 is 0.893 bits per heavy atom. The number of quaternary nitrogens is 1. The van der Waals surface area contributed by atoms with Crippen molar-refractivity contribution in [3.63, 3.8) is 0 Å². The van der Waals surface area contributed by atoms with Crippen molar-refractivity contribution in [3.05, 3.63) is 35.4 Å². The van der Waals surface area contributed by atoms with Gasteiger partial charge >= 0.3 is 0 Å². The van der Waals surface area contributed by atoms with Crippen LogP contribution in [0.2, 0.25) is 0 Å². The zero-order valence-electron chi connectivity index (χ0n) is 19.2. The molecular weight excluding hydrogens is 391 g/mol. The summed E-state index contributed by atoms with van der Waals surface area (Å²) in [6.45, 7) is 14.3. The van der Waals surface area contributed by atoms with Gasteiger partial charge in [-0.15, -0.1) is 3.94 Å². The van der Waals surface area contributed by atoms with Crippen LogP contribution in [0.4, 0.5) is 0 Å². The second-order valence-electron chi connectivity index (χ2n) is 9.01. The van der Waals surface area contributed by atoms with Crippen molar-refractivity contribution in [1.82, 2.24) is 3.94 Å². The van der Waals surface area contributed by atoms with E-state index in [1.54, 1.807) is 0 Å². The quantitative estimate of drug-likeness (QED) is 0.205. The predicted octanol–water partition coefficient (Wildman–Crippen LogP) is 6.74. The molecule has 0 heterocycles. The number of likely N-dealkylation sites (N-methyl/N-ethyl adjacent to an activating group) is 1. The highest BCUT2D eigenvalue weighted by atomic mass is 35.5. The molecule has 0 unspecified atom stereocenters. The molecule has 0 saturated heterocycles. The van der Waals surface area contributed by atoms with Crippen molar-refractivity contribution in [2.45, 2.75) is 72.3 Å². The van der Waals surface area contributed by atoms with Crippen LogP contribution in [0.15, 0.2) is 24.3 Å². The molecule has 0 saturated carbocycles. The van der Waals surface area contributed by atoms with Crippen molar-refractivity contribution in [2.24, 2.45) is 0 Å². The second kappa shape index (κ2) is 14.6. The van der Waals surface area contributed by atoms with Crippen molar-refractivity contribution in [3.8, 4) is 0 Å². The van der Waals surface area contributed by atoms with E-state index in [2.05, 4.69) is 73.0 Å². The molecule has 0 aromatic heterocycles. The normalized spacial score (nSPS) is 12.1. The number of rotatable bonds is 12. The first-order valence-corrected chi connectivity index (χ1v) is 11.2. The van der Waals surface area contributed by atoms with Crippen LogP contribution >= 0.6 is 23.6 Å². The van der Waals surface area contributed by atoms with Gasteiger partial charge in [-0.25, -0.2) is 0 Å². The summed E-state index contributed by atoms with van der Waals surface area (Å²) in [7, 11) is 4.45. The molecule has 28 heavy (non-hydrogen) atoms. The summed E-state index contributed by atoms with van der Waals surface area (Å²) >= 11 is 11.7. The standard InChI is InChI=1S/C15H33Cl2N2O.C8H10/c1-6-7-8-9-13-20-14-12-19(4,5)11-10-15(2,3)18(16)17;1-7-3-5-8(2)6-4-7/h6-14H2,1-5H3;3-6H,1-2H3/q+1;. The predicted molar refractivity (Wildman–Crippen MR) is 125 cm³/mol. The summed E-state index contributed by atoms with van der Waals surface area (Å²) in [6.07, 6.45) is 6.00. The third-order valence-electron chi connectivity index (χ3n) is 4.99. The highest BCUT2D eigenvalue weighted by Gasteiger charge is 2.28. The third-order valence-corrected chi connectivity index (χ3v) is 5.90. The Kier molecular flexibility index (Phi) is 14.5. The SMILES string of the molecule is CCCCCCOCC[N+](C)(C)CCC(C)(C)N(Cl)Cl.Cc1ccc(C)cc1. The largest absolute Gasteiger partial charge is 0.376 e. The minimum atomic E-state index is -0.195. The highest BCUT2D eigenvalue weighted by molar-refractivity contribution is 6.34. The van der Waals surface area contributed by atoms with E-state index in [1.165, 1.54) is 40.7 Å². The molecular formula is C23H43Cl2N2O+. The summed E-state index contributed by atoms with van der Waals surface area (Å²) in [5.41, 5.74) is 2.46. The van der Waals surface area contributed by atoms with E-state index in [0.717, 1.165) is 37.2 Å². The van der Waals surface area contributed by atoms with Gasteiger partial charge in [0.1, 0.15) is 6.54 Å². The monoisotopic (exact) mass is 433 g/mol. The Hall–Kier alpha value is -0.320. The van der Waals surface area contributed by atoms with Crippen LogP contribution in [0.5, 0.6) is 0 Å². The van der Waals surface area contributed by atoms with E-state index >= 15 is 0 Å². The van der Waals surface area contributed by atoms with Crippen LogP contribution in [0.1, 0.15) is 64.0 Å². The maximum absolute atomic E-state index is 5.85. The van der Waals surface area contributed by atoms with Crippen LogP contribution in [-0.4, -0.2) is 54.4 Å². The number of nitrogens with zero attached hydrogens (tertiary/aromatic N) is 2. The van der Waals surface area contributed by atoms with Crippen molar-refractivity contribution in [1.29, 1.82) is 0 Å². The Bertz CT molecular complexity index is 481. The van der Waals surface area contributed by atoms with Crippen LogP contribution in [0, 0.1) is 13.8 Å². The summed E-state index contributed by atoms with van der Waals surface area (Å²) in [5, 5.41) is 0. The number of hydrogen-bond donors (Lipinski definition) is 0. The number of hydrogen-bond acceptors (Lipinski definition) is 2. The highest BCUT2D eigenvalue weighted by Crippen LogP contribution is 2.24. The lowest BCUT2D eigenvalue weighted by molar-refractivity contribution is -0.891. The van der Waals surface area contributed by atoms with Crippen molar-refractivity contribution in [2.75, 3.05) is 40.4 Å². The van der Waals surface area contributed by atoms with Crippen molar-refractivity contribution < 1.29 is 9.22 Å². The number of aryl methyl sites for hydroxylation is 2. The molecule has 164 valence electrons. The molecule has 0 amide bonds. The summed E-state index contributed by atoms with van der Waals surface area (Å²) < 4.78 is 7.91. The van der Waals surface area contributed by atoms with Crippen LogP contribution in [0.25, 0.3) is 0 Å². The molecule has 0 spiro atoms. The molecule has 3 nitrogen and oxygen atoms in total. The van der Waals surface area contributed by atoms with Gasteiger partial charge in [-0.1, -0.05) is 61.6 Å². The van der Waals surface area contributed by atoms with E-state index in [1.807, 2.05) is 0 Å². The minimum Gasteiger partial charge on any atom is -0.376 e. The lowest BCUT2D eigenvalue weighted by Crippen LogP contribution is -2.46. The smallest absolute Gasteiger partial charge is 0.102 e. The molecule has 5 heteroatoms. The summed E-state index contributed by atoms with van der Waals surface area (Å²) in [4.78, 5) is 0. The Balaban J connectivity index is 0.000000749. The molecule has 0 fully saturated rings. The fourth-order valence-corrected chi connectivity index (χ4v) is 2.62. The first kappa shape index (κ1) is 27.7. The third kappa shape index (κ3) is 14.6. The second-order valence-corrected chi connectivity index (χ2v) is 9.86. The number of halogens is 2. The lowest BCUT2D eigenvalue weighted by Gasteiger charge is -2.34. The Morgan fingerprint density at radius 2 is 1.43 bits per heavy atom. The first-order chi connectivity index (χ1) is 13.0. The summed E-state index contributed by atoms with van der Waals surface area (Å²) in [5.74, 6) is 0. The molecule has 0 aliphatic rings. The van der Waals surface area contributed by atoms with Gasteiger partial charge in [0.2, 0.25) is 0 Å². The van der Waals surface area contributed by atoms with Crippen LogP contribution in [0.3, 0.4) is 0 Å². The number of unbranched alkanes of at least 4 members (excludes halogenated alkanes) is 3. The molecule has 1 aromatic rings. The molecule has 0 aliphatic heterocycles. The van der Waals surface area contributed by atoms with Crippen molar-refractivity contribution >= 4 is 23.6 Å². The van der Waals surface area contributed by atoms with E-state index in [4.69, 9.17) is 28.3 Å². The Morgan fingerprint density at radius 3 is 1.89 bits per heavy atom. The molecule has 0 radical (unpaired) electrons. The van der Waals surface area contributed by atoms with Crippen LogP contribution in [-0.2, 0) is 4.74 Å². The molecule has 0 bridgehead atoms. The maximum atomic E-state index is 5.85. The Labute approximate surface area is 184 Å². The molecule has 0 atom stereocenters. The fraction of sp³-hybridized carbons (Fsp3) is 0.739. The average Bonchev–Trinajstić information content (AvgIpc) is 2.62. The zero-order valence-corrected chi connectivity index (χ0v) is 20.7. The fourth-order valence-electron chi connectivity index (χ4n) is 2.45. The molecule has 0 N–H and O–H groups in total. The number of benzene rings is 1. The number of ether oxygens (including phenoxy) is 1. The zero-order chi connectivity index (χ0) is 21.6. The molecule has 0 aliphatic carbocycles. The van der Waals surface area contributed by atoms with Gasteiger partial charge in [0.05, 0.1) is 32.8 Å². The van der Waals surface area contributed by atoms with Crippen LogP contribution < -0.4 is 0 Å². The molecule has 1 rings (SSSR count). The van der Waals surface area contributed by atoms with E-state index in [-0.39, 0.29) is 5.54 Å². The minimum absolute atomic E-state index is 0.195. The van der Waals surface area contributed by atoms with Gasteiger partial charge in [-0.3, -0.25) is 0 Å². The van der Waals surface area contributed by atoms with Gasteiger partial charge < -0.3 is 9.22 Å². The van der Waals surface area contributed by atoms with Gasteiger partial charge in [0, 0.05) is 13.0 Å². The van der Waals surface area contributed by atoms with E-state index in [9.17, 15) is 0 Å². The van der Waals surface area contributed by atoms with Gasteiger partial charge in [-0.05, 0) is 57.7 Å². The van der Waals surface area contributed by atoms with Gasteiger partial charge in [-0.2, -0.15) is 0 Å². The topological polar surface area (TPSA) is 12.5 Å². The van der Waals surface area contributed by atoms with E-state index < -0.39 is 0 Å². The maximum Gasteiger partial charge on any atom is 0.102 e. The van der Waals surface area contributed by atoms with Gasteiger partial charge in [0.25, 0.3) is 0 Å².